The highest BCUT2D eigenvalue weighted by Crippen LogP contribution is 2.43. The Morgan fingerprint density at radius 2 is 1.80 bits per heavy atom. The minimum atomic E-state index is -4.43. The quantitative estimate of drug-likeness (QED) is 0.802. The van der Waals surface area contributed by atoms with Crippen LogP contribution in [-0.4, -0.2) is 18.4 Å². The van der Waals surface area contributed by atoms with Crippen molar-refractivity contribution in [1.82, 2.24) is 0 Å². The van der Waals surface area contributed by atoms with Crippen molar-refractivity contribution < 1.29 is 27.5 Å². The van der Waals surface area contributed by atoms with Gasteiger partial charge < -0.3 is 4.74 Å². The van der Waals surface area contributed by atoms with Gasteiger partial charge in [0.25, 0.3) is 0 Å². The fourth-order valence-corrected chi connectivity index (χ4v) is 2.34. The van der Waals surface area contributed by atoms with E-state index in [-0.39, 0.29) is 25.2 Å². The number of ether oxygens (including phenoxy) is 1. The smallest absolute Gasteiger partial charge is 0.416 e. The number of benzene rings is 1. The van der Waals surface area contributed by atoms with Crippen molar-refractivity contribution in [3.05, 3.63) is 35.4 Å². The Kier molecular flexibility index (Phi) is 3.58. The molecule has 0 amide bonds. The molecular weight excluding hydrogens is 273 g/mol. The van der Waals surface area contributed by atoms with E-state index in [1.807, 2.05) is 0 Å². The Hall–Kier alpha value is -1.85. The zero-order valence-corrected chi connectivity index (χ0v) is 10.8. The number of rotatable bonds is 3. The van der Waals surface area contributed by atoms with Crippen LogP contribution in [0.4, 0.5) is 13.2 Å². The first-order valence-corrected chi connectivity index (χ1v) is 6.16. The van der Waals surface area contributed by atoms with E-state index >= 15 is 0 Å². The van der Waals surface area contributed by atoms with Crippen LogP contribution < -0.4 is 0 Å². The maximum atomic E-state index is 12.5. The number of ketones is 1. The van der Waals surface area contributed by atoms with E-state index in [1.165, 1.54) is 12.1 Å². The molecule has 6 heteroatoms. The number of hydrogen-bond donors (Lipinski definition) is 0. The second-order valence-corrected chi connectivity index (χ2v) is 4.77. The van der Waals surface area contributed by atoms with Crippen LogP contribution >= 0.6 is 0 Å². The molecule has 108 valence electrons. The van der Waals surface area contributed by atoms with Crippen LogP contribution in [0.15, 0.2) is 24.3 Å². The Morgan fingerprint density at radius 1 is 1.25 bits per heavy atom. The van der Waals surface area contributed by atoms with Gasteiger partial charge in [-0.2, -0.15) is 13.2 Å². The highest BCUT2D eigenvalue weighted by atomic mass is 19.4. The molecule has 0 N–H and O–H groups in total. The molecule has 1 aliphatic rings. The van der Waals surface area contributed by atoms with E-state index in [4.69, 9.17) is 4.74 Å². The zero-order chi connectivity index (χ0) is 15.0. The second kappa shape index (κ2) is 4.92. The van der Waals surface area contributed by atoms with E-state index in [9.17, 15) is 22.8 Å². The minimum absolute atomic E-state index is 0.0167. The molecule has 2 rings (SSSR count). The third-order valence-electron chi connectivity index (χ3n) is 3.43. The Morgan fingerprint density at radius 3 is 2.20 bits per heavy atom. The van der Waals surface area contributed by atoms with Crippen molar-refractivity contribution in [2.75, 3.05) is 6.61 Å². The normalized spacial score (nSPS) is 17.5. The lowest BCUT2D eigenvalue weighted by Crippen LogP contribution is -2.49. The van der Waals surface area contributed by atoms with E-state index in [1.54, 1.807) is 6.92 Å². The van der Waals surface area contributed by atoms with Crippen LogP contribution in [0.25, 0.3) is 0 Å². The molecule has 0 aromatic heterocycles. The van der Waals surface area contributed by atoms with Crippen LogP contribution in [0.5, 0.6) is 0 Å². The Balaban J connectivity index is 2.32. The van der Waals surface area contributed by atoms with Crippen LogP contribution in [0.2, 0.25) is 0 Å². The molecule has 1 aromatic carbocycles. The molecule has 3 nitrogen and oxygen atoms in total. The van der Waals surface area contributed by atoms with Crippen molar-refractivity contribution in [1.29, 1.82) is 0 Å². The summed E-state index contributed by atoms with van der Waals surface area (Å²) in [7, 11) is 0. The van der Waals surface area contributed by atoms with Gasteiger partial charge in [0.1, 0.15) is 11.2 Å². The lowest BCUT2D eigenvalue weighted by Gasteiger charge is -2.38. The summed E-state index contributed by atoms with van der Waals surface area (Å²) in [5, 5.41) is 0. The zero-order valence-electron chi connectivity index (χ0n) is 10.8. The summed E-state index contributed by atoms with van der Waals surface area (Å²) in [6, 6.07) is 4.32. The summed E-state index contributed by atoms with van der Waals surface area (Å²) >= 11 is 0. The second-order valence-electron chi connectivity index (χ2n) is 4.77. The van der Waals surface area contributed by atoms with Gasteiger partial charge in [0.05, 0.1) is 12.2 Å². The topological polar surface area (TPSA) is 43.4 Å². The molecule has 0 radical (unpaired) electrons. The molecule has 1 aliphatic carbocycles. The van der Waals surface area contributed by atoms with Gasteiger partial charge in [0, 0.05) is 12.8 Å². The maximum absolute atomic E-state index is 12.5. The van der Waals surface area contributed by atoms with E-state index in [2.05, 4.69) is 0 Å². The van der Waals surface area contributed by atoms with Gasteiger partial charge >= 0.3 is 12.1 Å². The number of halogens is 3. The number of hydrogen-bond acceptors (Lipinski definition) is 3. The first-order valence-electron chi connectivity index (χ1n) is 6.16. The van der Waals surface area contributed by atoms with Crippen LogP contribution in [0, 0.1) is 0 Å². The van der Waals surface area contributed by atoms with Gasteiger partial charge in [-0.3, -0.25) is 9.59 Å². The van der Waals surface area contributed by atoms with E-state index in [0.29, 0.717) is 5.56 Å². The lowest BCUT2D eigenvalue weighted by atomic mass is 9.63. The fraction of sp³-hybridized carbons (Fsp3) is 0.429. The molecule has 0 atom stereocenters. The number of alkyl halides is 3. The highest BCUT2D eigenvalue weighted by molar-refractivity contribution is 6.02. The van der Waals surface area contributed by atoms with E-state index in [0.717, 1.165) is 12.1 Å². The number of Topliss-reactive ketones (excluding diaryl/α,β-unsaturated/α-hetero) is 1. The Bertz CT molecular complexity index is 524. The lowest BCUT2D eigenvalue weighted by molar-refractivity contribution is -0.158. The number of esters is 1. The van der Waals surface area contributed by atoms with E-state index < -0.39 is 23.1 Å². The van der Waals surface area contributed by atoms with Gasteiger partial charge in [-0.1, -0.05) is 12.1 Å². The summed E-state index contributed by atoms with van der Waals surface area (Å²) in [5.74, 6) is -0.655. The summed E-state index contributed by atoms with van der Waals surface area (Å²) in [4.78, 5) is 23.2. The predicted molar refractivity (Wildman–Crippen MR) is 64.0 cm³/mol. The van der Waals surface area contributed by atoms with Crippen molar-refractivity contribution in [3.8, 4) is 0 Å². The number of carbonyl (C=O) groups excluding carboxylic acids is 2. The van der Waals surface area contributed by atoms with Crippen molar-refractivity contribution in [2.45, 2.75) is 31.4 Å². The van der Waals surface area contributed by atoms with Gasteiger partial charge in [-0.05, 0) is 24.6 Å². The molecule has 1 saturated carbocycles. The largest absolute Gasteiger partial charge is 0.465 e. The molecule has 20 heavy (non-hydrogen) atoms. The minimum Gasteiger partial charge on any atom is -0.465 e. The summed E-state index contributed by atoms with van der Waals surface area (Å²) < 4.78 is 42.5. The monoisotopic (exact) mass is 286 g/mol. The fourth-order valence-electron chi connectivity index (χ4n) is 2.34. The molecule has 1 aromatic rings. The highest BCUT2D eigenvalue weighted by Gasteiger charge is 2.52. The maximum Gasteiger partial charge on any atom is 0.416 e. The van der Waals surface area contributed by atoms with Gasteiger partial charge in [-0.25, -0.2) is 0 Å². The van der Waals surface area contributed by atoms with Gasteiger partial charge in [-0.15, -0.1) is 0 Å². The van der Waals surface area contributed by atoms with Crippen molar-refractivity contribution >= 4 is 11.8 Å². The number of carbonyl (C=O) groups is 2. The molecule has 0 saturated heterocycles. The predicted octanol–water partition coefficient (Wildman–Crippen LogP) is 2.87. The van der Waals surface area contributed by atoms with Crippen LogP contribution in [0.1, 0.15) is 30.9 Å². The average molecular weight is 286 g/mol. The van der Waals surface area contributed by atoms with Gasteiger partial charge in [0.15, 0.2) is 0 Å². The summed E-state index contributed by atoms with van der Waals surface area (Å²) in [6.07, 6.45) is -4.46. The molecule has 0 unspecified atom stereocenters. The molecule has 0 bridgehead atoms. The third kappa shape index (κ3) is 2.42. The first kappa shape index (κ1) is 14.6. The van der Waals surface area contributed by atoms with Crippen LogP contribution in [0.3, 0.4) is 0 Å². The average Bonchev–Trinajstić information content (AvgIpc) is 2.34. The van der Waals surface area contributed by atoms with Gasteiger partial charge in [0.2, 0.25) is 0 Å². The third-order valence-corrected chi connectivity index (χ3v) is 3.43. The summed E-state index contributed by atoms with van der Waals surface area (Å²) in [5.41, 5.74) is -1.51. The Labute approximate surface area is 113 Å². The van der Waals surface area contributed by atoms with Crippen molar-refractivity contribution in [2.24, 2.45) is 0 Å². The first-order chi connectivity index (χ1) is 9.29. The molecule has 0 spiro atoms. The summed E-state index contributed by atoms with van der Waals surface area (Å²) in [6.45, 7) is 1.80. The molecule has 0 heterocycles. The van der Waals surface area contributed by atoms with Crippen LogP contribution in [-0.2, 0) is 25.9 Å². The SMILES string of the molecule is CCOC(=O)C1(c2ccc(C(F)(F)F)cc2)CC(=O)C1. The molecule has 0 aliphatic heterocycles. The van der Waals surface area contributed by atoms with Crippen molar-refractivity contribution in [3.63, 3.8) is 0 Å². The standard InChI is InChI=1S/C14H13F3O3/c1-2-20-12(19)13(7-11(18)8-13)9-3-5-10(6-4-9)14(15,16)17/h3-6H,2,7-8H2,1H3. The molecular formula is C14H13F3O3. The molecule has 1 fully saturated rings.